The molecule has 2 atom stereocenters. The minimum Gasteiger partial charge on any atom is -0.481 e. The van der Waals surface area contributed by atoms with Gasteiger partial charge in [0, 0.05) is 19.1 Å². The second-order valence-corrected chi connectivity index (χ2v) is 8.14. The third-order valence-corrected chi connectivity index (χ3v) is 6.14. The maximum Gasteiger partial charge on any atom is 0.260 e. The number of nitrogens with one attached hydrogen (secondary N) is 1. The zero-order valence-electron chi connectivity index (χ0n) is 17.1. The van der Waals surface area contributed by atoms with Crippen molar-refractivity contribution >= 4 is 5.91 Å². The molecule has 1 saturated heterocycles. The van der Waals surface area contributed by atoms with Crippen LogP contribution in [0.3, 0.4) is 0 Å². The van der Waals surface area contributed by atoms with E-state index in [1.165, 1.54) is 62.6 Å². The van der Waals surface area contributed by atoms with Crippen LogP contribution >= 0.6 is 0 Å². The summed E-state index contributed by atoms with van der Waals surface area (Å²) in [7, 11) is 0. The van der Waals surface area contributed by atoms with Crippen LogP contribution in [0.5, 0.6) is 5.75 Å². The molecule has 1 heterocycles. The molecule has 0 unspecified atom stereocenters. The lowest BCUT2D eigenvalue weighted by Gasteiger charge is -2.35. The number of nitrogens with zero attached hydrogens (tertiary/aromatic N) is 1. The van der Waals surface area contributed by atoms with Crippen LogP contribution in [0.1, 0.15) is 69.9 Å². The molecule has 1 aromatic carbocycles. The van der Waals surface area contributed by atoms with Crippen LogP contribution in [0.25, 0.3) is 0 Å². The highest BCUT2D eigenvalue weighted by molar-refractivity contribution is 5.80. The van der Waals surface area contributed by atoms with E-state index in [1.807, 2.05) is 13.0 Å². The molecule has 27 heavy (non-hydrogen) atoms. The number of piperidine rings is 1. The van der Waals surface area contributed by atoms with E-state index in [9.17, 15) is 4.79 Å². The van der Waals surface area contributed by atoms with Gasteiger partial charge in [0.05, 0.1) is 0 Å². The number of benzene rings is 1. The van der Waals surface area contributed by atoms with Crippen molar-refractivity contribution in [3.05, 3.63) is 29.3 Å². The molecular weight excluding hydrogens is 336 g/mol. The minimum absolute atomic E-state index is 0.0154. The molecule has 2 aliphatic rings. The number of rotatable bonds is 8. The Kier molecular flexibility index (Phi) is 7.57. The molecule has 0 spiro atoms. The molecule has 1 aliphatic carbocycles. The van der Waals surface area contributed by atoms with Crippen molar-refractivity contribution in [3.63, 3.8) is 0 Å². The third kappa shape index (κ3) is 5.71. The van der Waals surface area contributed by atoms with Gasteiger partial charge in [0.2, 0.25) is 0 Å². The normalized spacial score (nSPS) is 21.3. The molecular formula is C23H36N2O2. The Morgan fingerprint density at radius 3 is 2.85 bits per heavy atom. The molecule has 1 aromatic rings. The smallest absolute Gasteiger partial charge is 0.260 e. The number of ether oxygens (including phenoxy) is 1. The molecule has 3 rings (SSSR count). The van der Waals surface area contributed by atoms with Crippen LogP contribution in [0.4, 0.5) is 0 Å². The highest BCUT2D eigenvalue weighted by atomic mass is 16.5. The summed E-state index contributed by atoms with van der Waals surface area (Å²) in [6.07, 6.45) is 10.6. The summed E-state index contributed by atoms with van der Waals surface area (Å²) in [6.45, 7) is 7.14. The van der Waals surface area contributed by atoms with Crippen molar-refractivity contribution in [1.82, 2.24) is 10.2 Å². The second kappa shape index (κ2) is 10.1. The van der Waals surface area contributed by atoms with Gasteiger partial charge in [-0.2, -0.15) is 0 Å². The van der Waals surface area contributed by atoms with Gasteiger partial charge in [0.15, 0.2) is 6.10 Å². The average Bonchev–Trinajstić information content (AvgIpc) is 2.71. The van der Waals surface area contributed by atoms with Gasteiger partial charge in [-0.3, -0.25) is 4.79 Å². The Bertz CT molecular complexity index is 616. The Balaban J connectivity index is 1.39. The summed E-state index contributed by atoms with van der Waals surface area (Å²) in [5.41, 5.74) is 2.83. The van der Waals surface area contributed by atoms with Crippen LogP contribution < -0.4 is 10.1 Å². The topological polar surface area (TPSA) is 41.6 Å². The van der Waals surface area contributed by atoms with E-state index in [0.29, 0.717) is 0 Å². The number of carbonyl (C=O) groups excluding carboxylic acids is 1. The van der Waals surface area contributed by atoms with Crippen molar-refractivity contribution in [1.29, 1.82) is 0 Å². The molecule has 0 saturated carbocycles. The number of hydrogen-bond acceptors (Lipinski definition) is 3. The summed E-state index contributed by atoms with van der Waals surface area (Å²) >= 11 is 0. The average molecular weight is 373 g/mol. The van der Waals surface area contributed by atoms with Crippen LogP contribution in [0, 0.1) is 0 Å². The van der Waals surface area contributed by atoms with Crippen LogP contribution in [0.15, 0.2) is 18.2 Å². The molecule has 1 aliphatic heterocycles. The number of fused-ring (bicyclic) bond motifs is 1. The number of aryl methyl sites for hydroxylation is 2. The summed E-state index contributed by atoms with van der Waals surface area (Å²) in [5.74, 6) is 0.802. The van der Waals surface area contributed by atoms with Crippen molar-refractivity contribution in [3.8, 4) is 5.75 Å². The number of carbonyl (C=O) groups is 1. The second-order valence-electron chi connectivity index (χ2n) is 8.14. The molecule has 1 amide bonds. The fourth-order valence-corrected chi connectivity index (χ4v) is 4.49. The van der Waals surface area contributed by atoms with E-state index in [2.05, 4.69) is 29.3 Å². The van der Waals surface area contributed by atoms with E-state index >= 15 is 0 Å². The standard InChI is InChI=1S/C23H36N2O2/c1-3-21-11-6-7-15-25(21)16-8-14-24-23(26)18(2)27-22-13-12-19-9-4-5-10-20(19)17-22/h12-13,17-18,21H,3-11,14-16H2,1-2H3,(H,24,26)/t18-,21+/m0/s1. The highest BCUT2D eigenvalue weighted by Crippen LogP contribution is 2.26. The molecule has 0 radical (unpaired) electrons. The zero-order chi connectivity index (χ0) is 19.1. The van der Waals surface area contributed by atoms with E-state index < -0.39 is 6.10 Å². The fraction of sp³-hybridized carbons (Fsp3) is 0.696. The first-order valence-corrected chi connectivity index (χ1v) is 11.0. The maximum atomic E-state index is 12.4. The predicted molar refractivity (Wildman–Crippen MR) is 110 cm³/mol. The Morgan fingerprint density at radius 1 is 1.22 bits per heavy atom. The van der Waals surface area contributed by atoms with Crippen LogP contribution in [-0.2, 0) is 17.6 Å². The van der Waals surface area contributed by atoms with E-state index in [1.54, 1.807) is 0 Å². The first kappa shape index (κ1) is 20.2. The molecule has 1 fully saturated rings. The molecule has 0 aromatic heterocycles. The summed E-state index contributed by atoms with van der Waals surface area (Å²) < 4.78 is 5.90. The van der Waals surface area contributed by atoms with Gasteiger partial charge < -0.3 is 15.0 Å². The first-order valence-electron chi connectivity index (χ1n) is 11.0. The van der Waals surface area contributed by atoms with Crippen molar-refractivity contribution in [2.24, 2.45) is 0 Å². The van der Waals surface area contributed by atoms with Gasteiger partial charge in [0.1, 0.15) is 5.75 Å². The maximum absolute atomic E-state index is 12.4. The molecule has 4 nitrogen and oxygen atoms in total. The van der Waals surface area contributed by atoms with E-state index in [4.69, 9.17) is 4.74 Å². The third-order valence-electron chi connectivity index (χ3n) is 6.14. The summed E-state index contributed by atoms with van der Waals surface area (Å²) in [6, 6.07) is 7.03. The van der Waals surface area contributed by atoms with E-state index in [0.717, 1.165) is 37.7 Å². The van der Waals surface area contributed by atoms with Crippen molar-refractivity contribution in [2.75, 3.05) is 19.6 Å². The highest BCUT2D eigenvalue weighted by Gasteiger charge is 2.20. The molecule has 1 N–H and O–H groups in total. The number of hydrogen-bond donors (Lipinski definition) is 1. The Morgan fingerprint density at radius 2 is 2.04 bits per heavy atom. The zero-order valence-corrected chi connectivity index (χ0v) is 17.1. The van der Waals surface area contributed by atoms with Crippen molar-refractivity contribution < 1.29 is 9.53 Å². The number of likely N-dealkylation sites (tertiary alicyclic amines) is 1. The first-order chi connectivity index (χ1) is 13.2. The largest absolute Gasteiger partial charge is 0.481 e. The quantitative estimate of drug-likeness (QED) is 0.699. The van der Waals surface area contributed by atoms with Crippen molar-refractivity contribution in [2.45, 2.75) is 83.8 Å². The van der Waals surface area contributed by atoms with Gasteiger partial charge in [-0.1, -0.05) is 19.4 Å². The van der Waals surface area contributed by atoms with Gasteiger partial charge in [-0.15, -0.1) is 0 Å². The van der Waals surface area contributed by atoms with E-state index in [-0.39, 0.29) is 5.91 Å². The van der Waals surface area contributed by atoms with Crippen LogP contribution in [-0.4, -0.2) is 42.6 Å². The summed E-state index contributed by atoms with van der Waals surface area (Å²) in [5, 5.41) is 3.05. The lowest BCUT2D eigenvalue weighted by Crippen LogP contribution is -2.41. The lowest BCUT2D eigenvalue weighted by molar-refractivity contribution is -0.127. The van der Waals surface area contributed by atoms with Gasteiger partial charge in [-0.25, -0.2) is 0 Å². The lowest BCUT2D eigenvalue weighted by atomic mass is 9.92. The Labute approximate surface area is 164 Å². The Hall–Kier alpha value is -1.55. The summed E-state index contributed by atoms with van der Waals surface area (Å²) in [4.78, 5) is 15.0. The van der Waals surface area contributed by atoms with Crippen LogP contribution in [0.2, 0.25) is 0 Å². The van der Waals surface area contributed by atoms with Gasteiger partial charge >= 0.3 is 0 Å². The predicted octanol–water partition coefficient (Wildman–Crippen LogP) is 4.10. The molecule has 0 bridgehead atoms. The minimum atomic E-state index is -0.454. The molecule has 4 heteroatoms. The fourth-order valence-electron chi connectivity index (χ4n) is 4.49. The number of amides is 1. The monoisotopic (exact) mass is 372 g/mol. The van der Waals surface area contributed by atoms with Gasteiger partial charge in [0.25, 0.3) is 5.91 Å². The SMILES string of the molecule is CC[C@@H]1CCCCN1CCCNC(=O)[C@H](C)Oc1ccc2c(c1)CCCC2. The molecule has 150 valence electrons. The van der Waals surface area contributed by atoms with Gasteiger partial charge in [-0.05, 0) is 88.1 Å².